The molecule has 0 saturated heterocycles. The summed E-state index contributed by atoms with van der Waals surface area (Å²) in [6, 6.07) is 7.96. The molecule has 0 amide bonds. The van der Waals surface area contributed by atoms with Gasteiger partial charge in [0.1, 0.15) is 12.4 Å². The second kappa shape index (κ2) is 5.38. The lowest BCUT2D eigenvalue weighted by Gasteiger charge is -2.13. The number of rotatable bonds is 4. The van der Waals surface area contributed by atoms with Crippen LogP contribution in [0.3, 0.4) is 0 Å². The van der Waals surface area contributed by atoms with E-state index < -0.39 is 0 Å². The van der Waals surface area contributed by atoms with Crippen LogP contribution in [0.1, 0.15) is 4.88 Å². The van der Waals surface area contributed by atoms with Crippen molar-refractivity contribution in [2.75, 3.05) is 19.0 Å². The summed E-state index contributed by atoms with van der Waals surface area (Å²) in [7, 11) is 4.00. The molecule has 0 radical (unpaired) electrons. The summed E-state index contributed by atoms with van der Waals surface area (Å²) < 4.78 is 6.23. The molecule has 2 aromatic rings. The molecule has 0 aliphatic rings. The van der Waals surface area contributed by atoms with Crippen molar-refractivity contribution in [2.45, 2.75) is 6.61 Å². The smallest absolute Gasteiger partial charge is 0.183 e. The van der Waals surface area contributed by atoms with Gasteiger partial charge in [0, 0.05) is 32.0 Å². The zero-order valence-corrected chi connectivity index (χ0v) is 11.3. The number of hydrogen-bond acceptors (Lipinski definition) is 4. The zero-order valence-electron chi connectivity index (χ0n) is 9.68. The number of aromatic nitrogens is 1. The topological polar surface area (TPSA) is 25.4 Å². The van der Waals surface area contributed by atoms with Crippen LogP contribution in [0, 0.1) is 0 Å². The van der Waals surface area contributed by atoms with E-state index in [4.69, 9.17) is 16.3 Å². The van der Waals surface area contributed by atoms with Crippen LogP contribution in [-0.2, 0) is 6.61 Å². The molecule has 0 bridgehead atoms. The molecule has 2 rings (SSSR count). The first kappa shape index (κ1) is 12.2. The van der Waals surface area contributed by atoms with Gasteiger partial charge in [0.25, 0.3) is 0 Å². The maximum Gasteiger partial charge on any atom is 0.183 e. The second-order valence-corrected chi connectivity index (χ2v) is 5.46. The Hall–Kier alpha value is -1.26. The van der Waals surface area contributed by atoms with Gasteiger partial charge in [-0.05, 0) is 12.1 Å². The van der Waals surface area contributed by atoms with Gasteiger partial charge in [0.05, 0.1) is 4.88 Å². The Balaban J connectivity index is 2.01. The third-order valence-corrected chi connectivity index (χ3v) is 3.33. The van der Waals surface area contributed by atoms with Gasteiger partial charge in [-0.1, -0.05) is 17.7 Å². The number of nitrogens with zero attached hydrogens (tertiary/aromatic N) is 2. The molecule has 5 heteroatoms. The van der Waals surface area contributed by atoms with Gasteiger partial charge in [-0.3, -0.25) is 0 Å². The molecule has 0 spiro atoms. The van der Waals surface area contributed by atoms with Crippen molar-refractivity contribution in [3.05, 3.63) is 39.8 Å². The SMILES string of the molecule is CN(C)c1cccc(OCc2cnc(Cl)s2)c1. The standard InChI is InChI=1S/C12H13ClN2OS/c1-15(2)9-4-3-5-10(6-9)16-8-11-7-14-12(13)17-11/h3-7H,8H2,1-2H3. The Morgan fingerprint density at radius 3 is 2.88 bits per heavy atom. The van der Waals surface area contributed by atoms with E-state index in [1.165, 1.54) is 11.3 Å². The third kappa shape index (κ3) is 3.35. The Bertz CT molecular complexity index is 499. The van der Waals surface area contributed by atoms with Crippen molar-refractivity contribution >= 4 is 28.6 Å². The summed E-state index contributed by atoms with van der Waals surface area (Å²) in [5.41, 5.74) is 1.12. The predicted octanol–water partition coefficient (Wildman–Crippen LogP) is 3.44. The van der Waals surface area contributed by atoms with Crippen molar-refractivity contribution in [3.63, 3.8) is 0 Å². The highest BCUT2D eigenvalue weighted by atomic mass is 35.5. The number of anilines is 1. The van der Waals surface area contributed by atoms with Crippen LogP contribution < -0.4 is 9.64 Å². The van der Waals surface area contributed by atoms with E-state index in [-0.39, 0.29) is 0 Å². The first-order valence-corrected chi connectivity index (χ1v) is 6.35. The lowest BCUT2D eigenvalue weighted by atomic mass is 10.3. The van der Waals surface area contributed by atoms with Gasteiger partial charge in [-0.2, -0.15) is 0 Å². The van der Waals surface area contributed by atoms with Gasteiger partial charge in [0.15, 0.2) is 4.47 Å². The molecule has 0 fully saturated rings. The van der Waals surface area contributed by atoms with Crippen LogP contribution in [-0.4, -0.2) is 19.1 Å². The summed E-state index contributed by atoms with van der Waals surface area (Å²) in [4.78, 5) is 7.03. The monoisotopic (exact) mass is 268 g/mol. The number of benzene rings is 1. The molecular formula is C12H13ClN2OS. The van der Waals surface area contributed by atoms with E-state index in [0.29, 0.717) is 11.1 Å². The van der Waals surface area contributed by atoms with Crippen molar-refractivity contribution in [2.24, 2.45) is 0 Å². The van der Waals surface area contributed by atoms with E-state index in [1.54, 1.807) is 6.20 Å². The van der Waals surface area contributed by atoms with Gasteiger partial charge >= 0.3 is 0 Å². The predicted molar refractivity (Wildman–Crippen MR) is 72.2 cm³/mol. The van der Waals surface area contributed by atoms with Gasteiger partial charge in [-0.25, -0.2) is 4.98 Å². The number of hydrogen-bond donors (Lipinski definition) is 0. The minimum Gasteiger partial charge on any atom is -0.488 e. The Kier molecular flexibility index (Phi) is 3.86. The fraction of sp³-hybridized carbons (Fsp3) is 0.250. The van der Waals surface area contributed by atoms with E-state index in [0.717, 1.165) is 16.3 Å². The average Bonchev–Trinajstić information content (AvgIpc) is 2.73. The van der Waals surface area contributed by atoms with Gasteiger partial charge in [-0.15, -0.1) is 11.3 Å². The minimum absolute atomic E-state index is 0.501. The number of thiazole rings is 1. The highest BCUT2D eigenvalue weighted by Gasteiger charge is 2.02. The van der Waals surface area contributed by atoms with Crippen LogP contribution in [0.5, 0.6) is 5.75 Å². The van der Waals surface area contributed by atoms with Crippen LogP contribution in [0.15, 0.2) is 30.5 Å². The molecule has 17 heavy (non-hydrogen) atoms. The highest BCUT2D eigenvalue weighted by Crippen LogP contribution is 2.22. The van der Waals surface area contributed by atoms with Crippen LogP contribution in [0.4, 0.5) is 5.69 Å². The van der Waals surface area contributed by atoms with Gasteiger partial charge in [0.2, 0.25) is 0 Å². The van der Waals surface area contributed by atoms with Crippen molar-refractivity contribution in [1.82, 2.24) is 4.98 Å². The molecule has 0 aliphatic heterocycles. The molecule has 1 heterocycles. The lowest BCUT2D eigenvalue weighted by molar-refractivity contribution is 0.309. The number of ether oxygens (including phenoxy) is 1. The van der Waals surface area contributed by atoms with Crippen LogP contribution >= 0.6 is 22.9 Å². The summed E-state index contributed by atoms with van der Waals surface area (Å²) in [5, 5.41) is 0. The van der Waals surface area contributed by atoms with Crippen LogP contribution in [0.25, 0.3) is 0 Å². The van der Waals surface area contributed by atoms with E-state index in [1.807, 2.05) is 43.3 Å². The first-order chi connectivity index (χ1) is 8.15. The molecule has 3 nitrogen and oxygen atoms in total. The minimum atomic E-state index is 0.501. The molecule has 1 aromatic carbocycles. The molecule has 0 aliphatic carbocycles. The summed E-state index contributed by atoms with van der Waals surface area (Å²) in [6.45, 7) is 0.501. The van der Waals surface area contributed by atoms with Crippen molar-refractivity contribution in [3.8, 4) is 5.75 Å². The Labute approximate surface area is 110 Å². The normalized spacial score (nSPS) is 10.3. The Morgan fingerprint density at radius 1 is 1.41 bits per heavy atom. The largest absolute Gasteiger partial charge is 0.488 e. The highest BCUT2D eigenvalue weighted by molar-refractivity contribution is 7.15. The Morgan fingerprint density at radius 2 is 2.24 bits per heavy atom. The second-order valence-electron chi connectivity index (χ2n) is 3.76. The van der Waals surface area contributed by atoms with Crippen LogP contribution in [0.2, 0.25) is 4.47 Å². The summed E-state index contributed by atoms with van der Waals surface area (Å²) in [6.07, 6.45) is 1.74. The average molecular weight is 269 g/mol. The van der Waals surface area contributed by atoms with E-state index in [9.17, 15) is 0 Å². The van der Waals surface area contributed by atoms with Crippen molar-refractivity contribution < 1.29 is 4.74 Å². The van der Waals surface area contributed by atoms with E-state index >= 15 is 0 Å². The molecule has 0 N–H and O–H groups in total. The fourth-order valence-electron chi connectivity index (χ4n) is 1.36. The quantitative estimate of drug-likeness (QED) is 0.849. The maximum atomic E-state index is 5.75. The summed E-state index contributed by atoms with van der Waals surface area (Å²) >= 11 is 7.19. The zero-order chi connectivity index (χ0) is 12.3. The molecule has 90 valence electrons. The fourth-order valence-corrected chi connectivity index (χ4v) is 2.25. The maximum absolute atomic E-state index is 5.75. The third-order valence-electron chi connectivity index (χ3n) is 2.24. The van der Waals surface area contributed by atoms with E-state index in [2.05, 4.69) is 4.98 Å². The number of halogens is 1. The van der Waals surface area contributed by atoms with Gasteiger partial charge < -0.3 is 9.64 Å². The molecular weight excluding hydrogens is 256 g/mol. The molecule has 0 atom stereocenters. The molecule has 0 saturated carbocycles. The molecule has 1 aromatic heterocycles. The first-order valence-electron chi connectivity index (χ1n) is 5.15. The summed E-state index contributed by atoms with van der Waals surface area (Å²) in [5.74, 6) is 0.848. The van der Waals surface area contributed by atoms with Crippen molar-refractivity contribution in [1.29, 1.82) is 0 Å². The molecule has 0 unspecified atom stereocenters. The lowest BCUT2D eigenvalue weighted by Crippen LogP contribution is -2.08.